The minimum absolute atomic E-state index is 0.121. The predicted molar refractivity (Wildman–Crippen MR) is 93.5 cm³/mol. The van der Waals surface area contributed by atoms with Gasteiger partial charge in [0.1, 0.15) is 0 Å². The highest BCUT2D eigenvalue weighted by Gasteiger charge is 2.09. The molecule has 0 saturated carbocycles. The molecule has 0 fully saturated rings. The zero-order chi connectivity index (χ0) is 16.8. The van der Waals surface area contributed by atoms with Crippen LogP contribution in [0.25, 0.3) is 0 Å². The maximum atomic E-state index is 11.9. The van der Waals surface area contributed by atoms with E-state index in [-0.39, 0.29) is 22.4 Å². The third kappa shape index (κ3) is 4.71. The number of hydrazone groups is 1. The second kappa shape index (κ2) is 7.99. The summed E-state index contributed by atoms with van der Waals surface area (Å²) in [4.78, 5) is 11.9. The first-order valence-electron chi connectivity index (χ1n) is 6.75. The number of nitrogens with one attached hydrogen (secondary N) is 1. The molecule has 2 aromatic rings. The fraction of sp³-hybridized carbons (Fsp3) is 0.125. The van der Waals surface area contributed by atoms with Crippen LogP contribution in [-0.2, 0) is 0 Å². The lowest BCUT2D eigenvalue weighted by atomic mass is 10.2. The zero-order valence-corrected chi connectivity index (χ0v) is 14.6. The van der Waals surface area contributed by atoms with E-state index in [1.807, 2.05) is 0 Å². The van der Waals surface area contributed by atoms with Crippen LogP contribution in [0.5, 0.6) is 11.5 Å². The quantitative estimate of drug-likeness (QED) is 0.592. The number of ether oxygens (including phenoxy) is 1. The Morgan fingerprint density at radius 3 is 2.74 bits per heavy atom. The lowest BCUT2D eigenvalue weighted by Crippen LogP contribution is -2.17. The van der Waals surface area contributed by atoms with Crippen molar-refractivity contribution in [1.29, 1.82) is 0 Å². The second-order valence-electron chi connectivity index (χ2n) is 4.49. The third-order valence-corrected chi connectivity index (χ3v) is 3.65. The molecule has 2 N–H and O–H groups in total. The number of rotatable bonds is 5. The van der Waals surface area contributed by atoms with Crippen molar-refractivity contribution in [2.24, 2.45) is 5.10 Å². The van der Waals surface area contributed by atoms with E-state index in [1.165, 1.54) is 12.3 Å². The molecule has 23 heavy (non-hydrogen) atoms. The van der Waals surface area contributed by atoms with E-state index >= 15 is 0 Å². The molecule has 0 aromatic heterocycles. The third-order valence-electron chi connectivity index (χ3n) is 2.84. The SMILES string of the molecule is CCOc1cc(/C=N\NC(=O)c2ccc(Br)cc2)cc(Cl)c1O. The molecule has 0 radical (unpaired) electrons. The van der Waals surface area contributed by atoms with Crippen molar-refractivity contribution in [3.05, 3.63) is 57.0 Å². The average Bonchev–Trinajstić information content (AvgIpc) is 2.53. The molecule has 5 nitrogen and oxygen atoms in total. The van der Waals surface area contributed by atoms with Crippen LogP contribution in [0.4, 0.5) is 0 Å². The smallest absolute Gasteiger partial charge is 0.271 e. The second-order valence-corrected chi connectivity index (χ2v) is 5.81. The van der Waals surface area contributed by atoms with Crippen molar-refractivity contribution in [1.82, 2.24) is 5.43 Å². The Labute approximate surface area is 147 Å². The molecule has 0 atom stereocenters. The van der Waals surface area contributed by atoms with Crippen molar-refractivity contribution < 1.29 is 14.6 Å². The molecule has 7 heteroatoms. The predicted octanol–water partition coefficient (Wildman–Crippen LogP) is 3.97. The van der Waals surface area contributed by atoms with Gasteiger partial charge in [-0.15, -0.1) is 0 Å². The Balaban J connectivity index is 2.08. The summed E-state index contributed by atoms with van der Waals surface area (Å²) < 4.78 is 6.17. The van der Waals surface area contributed by atoms with E-state index in [0.29, 0.717) is 17.7 Å². The molecule has 0 aliphatic carbocycles. The number of hydrogen-bond acceptors (Lipinski definition) is 4. The van der Waals surface area contributed by atoms with Crippen LogP contribution < -0.4 is 10.2 Å². The molecule has 0 heterocycles. The van der Waals surface area contributed by atoms with Crippen LogP contribution >= 0.6 is 27.5 Å². The summed E-state index contributed by atoms with van der Waals surface area (Å²) in [6.07, 6.45) is 1.42. The highest BCUT2D eigenvalue weighted by molar-refractivity contribution is 9.10. The molecule has 120 valence electrons. The lowest BCUT2D eigenvalue weighted by molar-refractivity contribution is 0.0955. The molecular weight excluding hydrogens is 384 g/mol. The maximum absolute atomic E-state index is 11.9. The Morgan fingerprint density at radius 2 is 2.09 bits per heavy atom. The van der Waals surface area contributed by atoms with Crippen molar-refractivity contribution in [3.63, 3.8) is 0 Å². The number of carbonyl (C=O) groups is 1. The van der Waals surface area contributed by atoms with Gasteiger partial charge in [-0.1, -0.05) is 27.5 Å². The van der Waals surface area contributed by atoms with Gasteiger partial charge in [-0.2, -0.15) is 5.10 Å². The first-order valence-corrected chi connectivity index (χ1v) is 7.92. The van der Waals surface area contributed by atoms with Crippen molar-refractivity contribution in [3.8, 4) is 11.5 Å². The van der Waals surface area contributed by atoms with Gasteiger partial charge in [-0.25, -0.2) is 5.43 Å². The Hall–Kier alpha value is -2.05. The summed E-state index contributed by atoms with van der Waals surface area (Å²) in [5.41, 5.74) is 3.50. The summed E-state index contributed by atoms with van der Waals surface area (Å²) >= 11 is 9.23. The molecule has 1 amide bonds. The zero-order valence-electron chi connectivity index (χ0n) is 12.2. The van der Waals surface area contributed by atoms with Crippen LogP contribution in [-0.4, -0.2) is 23.8 Å². The number of phenolic OH excluding ortho intramolecular Hbond substituents is 1. The number of amides is 1. The first kappa shape index (κ1) is 17.3. The van der Waals surface area contributed by atoms with Gasteiger partial charge < -0.3 is 9.84 Å². The summed E-state index contributed by atoms with van der Waals surface area (Å²) in [5.74, 6) is -0.186. The minimum Gasteiger partial charge on any atom is -0.503 e. The molecule has 0 unspecified atom stereocenters. The molecule has 2 rings (SSSR count). The van der Waals surface area contributed by atoms with Crippen LogP contribution in [0.15, 0.2) is 46.0 Å². The van der Waals surface area contributed by atoms with E-state index < -0.39 is 0 Å². The minimum atomic E-state index is -0.330. The molecule has 0 saturated heterocycles. The van der Waals surface area contributed by atoms with E-state index in [1.54, 1.807) is 37.3 Å². The summed E-state index contributed by atoms with van der Waals surface area (Å²) in [5, 5.41) is 13.8. The molecule has 0 aliphatic heterocycles. The highest BCUT2D eigenvalue weighted by Crippen LogP contribution is 2.34. The molecule has 0 spiro atoms. The monoisotopic (exact) mass is 396 g/mol. The summed E-state index contributed by atoms with van der Waals surface area (Å²) in [7, 11) is 0. The van der Waals surface area contributed by atoms with Gasteiger partial charge in [0.15, 0.2) is 11.5 Å². The fourth-order valence-corrected chi connectivity index (χ4v) is 2.25. The lowest BCUT2D eigenvalue weighted by Gasteiger charge is -2.08. The molecule has 0 bridgehead atoms. The first-order chi connectivity index (χ1) is 11.0. The van der Waals surface area contributed by atoms with E-state index in [0.717, 1.165) is 4.47 Å². The fourth-order valence-electron chi connectivity index (χ4n) is 1.77. The normalized spacial score (nSPS) is 10.7. The van der Waals surface area contributed by atoms with Gasteiger partial charge in [-0.05, 0) is 48.9 Å². The highest BCUT2D eigenvalue weighted by atomic mass is 79.9. The van der Waals surface area contributed by atoms with Crippen LogP contribution in [0, 0.1) is 0 Å². The van der Waals surface area contributed by atoms with Gasteiger partial charge in [0, 0.05) is 10.0 Å². The van der Waals surface area contributed by atoms with Gasteiger partial charge in [0.25, 0.3) is 5.91 Å². The standard InChI is InChI=1S/C16H14BrClN2O3/c1-2-23-14-8-10(7-13(18)15(14)21)9-19-20-16(22)11-3-5-12(17)6-4-11/h3-9,21H,2H2,1H3,(H,20,22)/b19-9-. The topological polar surface area (TPSA) is 70.9 Å². The van der Waals surface area contributed by atoms with Crippen molar-refractivity contribution in [2.45, 2.75) is 6.92 Å². The number of carbonyl (C=O) groups excluding carboxylic acids is 1. The molecule has 0 aliphatic rings. The Morgan fingerprint density at radius 1 is 1.39 bits per heavy atom. The number of aromatic hydroxyl groups is 1. The Bertz CT molecular complexity index is 733. The van der Waals surface area contributed by atoms with Gasteiger partial charge >= 0.3 is 0 Å². The van der Waals surface area contributed by atoms with Crippen molar-refractivity contribution >= 4 is 39.7 Å². The number of halogens is 2. The average molecular weight is 398 g/mol. The van der Waals surface area contributed by atoms with Gasteiger partial charge in [0.05, 0.1) is 17.8 Å². The largest absolute Gasteiger partial charge is 0.503 e. The van der Waals surface area contributed by atoms with Gasteiger partial charge in [0.2, 0.25) is 0 Å². The van der Waals surface area contributed by atoms with Crippen LogP contribution in [0.2, 0.25) is 5.02 Å². The van der Waals surface area contributed by atoms with E-state index in [2.05, 4.69) is 26.5 Å². The molecular formula is C16H14BrClN2O3. The Kier molecular flexibility index (Phi) is 6.01. The number of phenols is 1. The number of hydrogen-bond donors (Lipinski definition) is 2. The van der Waals surface area contributed by atoms with Gasteiger partial charge in [-0.3, -0.25) is 4.79 Å². The summed E-state index contributed by atoms with van der Waals surface area (Å²) in [6.45, 7) is 2.19. The molecule has 2 aromatic carbocycles. The van der Waals surface area contributed by atoms with Crippen LogP contribution in [0.1, 0.15) is 22.8 Å². The van der Waals surface area contributed by atoms with Crippen molar-refractivity contribution in [2.75, 3.05) is 6.61 Å². The summed E-state index contributed by atoms with van der Waals surface area (Å²) in [6, 6.07) is 10.0. The number of benzene rings is 2. The van der Waals surface area contributed by atoms with E-state index in [9.17, 15) is 9.90 Å². The number of nitrogens with zero attached hydrogens (tertiary/aromatic N) is 1. The van der Waals surface area contributed by atoms with E-state index in [4.69, 9.17) is 16.3 Å². The maximum Gasteiger partial charge on any atom is 0.271 e. The van der Waals surface area contributed by atoms with Crippen LogP contribution in [0.3, 0.4) is 0 Å².